The van der Waals surface area contributed by atoms with Crippen molar-refractivity contribution >= 4 is 11.8 Å². The van der Waals surface area contributed by atoms with Gasteiger partial charge in [-0.05, 0) is 62.2 Å². The van der Waals surface area contributed by atoms with Gasteiger partial charge in [0.15, 0.2) is 11.5 Å². The smallest absolute Gasteiger partial charge is 0.161 e. The lowest BCUT2D eigenvalue weighted by atomic mass is 9.91. The van der Waals surface area contributed by atoms with E-state index in [0.717, 1.165) is 22.8 Å². The number of hydrogen-bond acceptors (Lipinski definition) is 4. The summed E-state index contributed by atoms with van der Waals surface area (Å²) in [5.41, 5.74) is 2.52. The van der Waals surface area contributed by atoms with Gasteiger partial charge in [0.05, 0.1) is 7.11 Å². The number of nitrogens with zero attached hydrogens (tertiary/aromatic N) is 1. The van der Waals surface area contributed by atoms with Crippen LogP contribution in [0.15, 0.2) is 60.7 Å². The topological polar surface area (TPSA) is 21.7 Å². The molecular weight excluding hydrogens is 390 g/mol. The number of hydrogen-bond donors (Lipinski definition) is 0. The van der Waals surface area contributed by atoms with E-state index in [2.05, 4.69) is 59.1 Å². The van der Waals surface area contributed by atoms with Gasteiger partial charge in [-0.1, -0.05) is 55.0 Å². The number of rotatable bonds is 9. The summed E-state index contributed by atoms with van der Waals surface area (Å²) in [4.78, 5) is 2.65. The third-order valence-electron chi connectivity index (χ3n) is 6.17. The van der Waals surface area contributed by atoms with Crippen molar-refractivity contribution < 1.29 is 9.47 Å². The first-order chi connectivity index (χ1) is 14.8. The zero-order chi connectivity index (χ0) is 20.6. The molecule has 3 nitrogen and oxygen atoms in total. The Bertz CT molecular complexity index is 817. The number of benzene rings is 2. The monoisotopic (exact) mass is 423 g/mol. The van der Waals surface area contributed by atoms with Gasteiger partial charge in [-0.2, -0.15) is 0 Å². The highest BCUT2D eigenvalue weighted by molar-refractivity contribution is 8.00. The summed E-state index contributed by atoms with van der Waals surface area (Å²) < 4.78 is 11.8. The highest BCUT2D eigenvalue weighted by Gasteiger charge is 2.26. The molecule has 2 unspecified atom stereocenters. The summed E-state index contributed by atoms with van der Waals surface area (Å²) in [7, 11) is 1.74. The fraction of sp³-hybridized carbons (Fsp3) is 0.462. The van der Waals surface area contributed by atoms with Gasteiger partial charge in [-0.25, -0.2) is 0 Å². The van der Waals surface area contributed by atoms with E-state index in [0.29, 0.717) is 17.8 Å². The number of ether oxygens (including phenoxy) is 2. The number of thioether (sulfide) groups is 1. The molecule has 2 aliphatic rings. The normalized spacial score (nSPS) is 20.2. The zero-order valence-electron chi connectivity index (χ0n) is 18.0. The van der Waals surface area contributed by atoms with E-state index >= 15 is 0 Å². The van der Waals surface area contributed by atoms with Gasteiger partial charge in [-0.15, -0.1) is 11.8 Å². The van der Waals surface area contributed by atoms with E-state index in [9.17, 15) is 0 Å². The second-order valence-corrected chi connectivity index (χ2v) is 9.42. The Kier molecular flexibility index (Phi) is 7.76. The van der Waals surface area contributed by atoms with Crippen LogP contribution < -0.4 is 9.47 Å². The van der Waals surface area contributed by atoms with E-state index in [1.807, 2.05) is 18.2 Å². The molecule has 160 valence electrons. The molecule has 0 N–H and O–H groups in total. The molecule has 0 aliphatic carbocycles. The highest BCUT2D eigenvalue weighted by atomic mass is 32.2. The molecule has 0 radical (unpaired) electrons. The van der Waals surface area contributed by atoms with Gasteiger partial charge in [0, 0.05) is 16.9 Å². The number of piperidine rings is 1. The van der Waals surface area contributed by atoms with Crippen molar-refractivity contribution in [3.05, 3.63) is 71.8 Å². The van der Waals surface area contributed by atoms with Crippen molar-refractivity contribution in [2.24, 2.45) is 0 Å². The fourth-order valence-electron chi connectivity index (χ4n) is 4.46. The molecule has 0 bridgehead atoms. The number of methoxy groups -OCH3 is 1. The summed E-state index contributed by atoms with van der Waals surface area (Å²) in [6.45, 7) is 4.26. The van der Waals surface area contributed by atoms with Crippen LogP contribution in [0, 0.1) is 0 Å². The maximum absolute atomic E-state index is 6.08. The molecule has 1 saturated heterocycles. The van der Waals surface area contributed by atoms with Gasteiger partial charge >= 0.3 is 0 Å². The molecule has 2 aromatic rings. The average molecular weight is 424 g/mol. The Morgan fingerprint density at radius 1 is 1.03 bits per heavy atom. The minimum absolute atomic E-state index is 0.507. The molecule has 0 spiro atoms. The highest BCUT2D eigenvalue weighted by Crippen LogP contribution is 2.39. The average Bonchev–Trinajstić information content (AvgIpc) is 3.34. The third-order valence-corrected chi connectivity index (χ3v) is 7.42. The predicted octanol–water partition coefficient (Wildman–Crippen LogP) is 5.91. The third kappa shape index (κ3) is 5.61. The quantitative estimate of drug-likeness (QED) is 0.468. The molecule has 1 fully saturated rings. The van der Waals surface area contributed by atoms with E-state index in [1.54, 1.807) is 7.11 Å². The minimum Gasteiger partial charge on any atom is -0.493 e. The summed E-state index contributed by atoms with van der Waals surface area (Å²) >= 11 is 2.06. The first kappa shape index (κ1) is 21.3. The van der Waals surface area contributed by atoms with Crippen LogP contribution in [-0.4, -0.2) is 42.6 Å². The summed E-state index contributed by atoms with van der Waals surface area (Å²) in [6.07, 6.45) is 10.0. The van der Waals surface area contributed by atoms with Crippen LogP contribution >= 0.6 is 11.8 Å². The van der Waals surface area contributed by atoms with Crippen molar-refractivity contribution in [2.75, 3.05) is 32.5 Å². The summed E-state index contributed by atoms with van der Waals surface area (Å²) in [5.74, 6) is 3.28. The van der Waals surface area contributed by atoms with Gasteiger partial charge in [0.2, 0.25) is 0 Å². The minimum atomic E-state index is 0.507. The second kappa shape index (κ2) is 10.9. The molecule has 30 heavy (non-hydrogen) atoms. The van der Waals surface area contributed by atoms with E-state index in [-0.39, 0.29) is 0 Å². The van der Waals surface area contributed by atoms with Crippen LogP contribution in [0.4, 0.5) is 0 Å². The largest absolute Gasteiger partial charge is 0.493 e. The Morgan fingerprint density at radius 2 is 1.87 bits per heavy atom. The van der Waals surface area contributed by atoms with Crippen LogP contribution in [0.25, 0.3) is 0 Å². The summed E-state index contributed by atoms with van der Waals surface area (Å²) in [6, 6.07) is 16.8. The molecule has 2 heterocycles. The SMILES string of the molecule is COc1cc(C(CCN2CCCCC2)C2C=CCS2)ccc1OCc1ccccc1. The Labute approximate surface area is 185 Å². The van der Waals surface area contributed by atoms with Gasteiger partial charge in [0.1, 0.15) is 6.61 Å². The maximum Gasteiger partial charge on any atom is 0.161 e. The van der Waals surface area contributed by atoms with Crippen LogP contribution in [0.1, 0.15) is 42.7 Å². The standard InChI is InChI=1S/C26H33NO2S/c1-28-25-19-22(12-13-24(25)29-20-21-9-4-2-5-10-21)23(26-11-8-18-30-26)14-17-27-15-6-3-7-16-27/h2,4-5,8-13,19,23,26H,3,6-7,14-18,20H2,1H3. The van der Waals surface area contributed by atoms with Crippen molar-refractivity contribution in [1.29, 1.82) is 0 Å². The molecular formula is C26H33NO2S. The molecule has 4 heteroatoms. The van der Waals surface area contributed by atoms with E-state index in [4.69, 9.17) is 9.47 Å². The zero-order valence-corrected chi connectivity index (χ0v) is 18.8. The molecule has 4 rings (SSSR count). The van der Waals surface area contributed by atoms with E-state index < -0.39 is 0 Å². The number of likely N-dealkylation sites (tertiary alicyclic amines) is 1. The Balaban J connectivity index is 1.47. The lowest BCUT2D eigenvalue weighted by Crippen LogP contribution is -2.32. The Hall–Kier alpha value is -1.91. The fourth-order valence-corrected chi connectivity index (χ4v) is 5.65. The predicted molar refractivity (Wildman–Crippen MR) is 127 cm³/mol. The van der Waals surface area contributed by atoms with E-state index in [1.165, 1.54) is 50.9 Å². The molecule has 2 atom stereocenters. The second-order valence-electron chi connectivity index (χ2n) is 8.21. The lowest BCUT2D eigenvalue weighted by Gasteiger charge is -2.30. The van der Waals surface area contributed by atoms with Crippen LogP contribution in [0.5, 0.6) is 11.5 Å². The lowest BCUT2D eigenvalue weighted by molar-refractivity contribution is 0.221. The van der Waals surface area contributed by atoms with Crippen LogP contribution in [0.3, 0.4) is 0 Å². The van der Waals surface area contributed by atoms with Crippen molar-refractivity contribution in [3.63, 3.8) is 0 Å². The van der Waals surface area contributed by atoms with Gasteiger partial charge < -0.3 is 14.4 Å². The van der Waals surface area contributed by atoms with Gasteiger partial charge in [0.25, 0.3) is 0 Å². The van der Waals surface area contributed by atoms with Crippen LogP contribution in [-0.2, 0) is 6.61 Å². The molecule has 0 aromatic heterocycles. The molecule has 2 aromatic carbocycles. The van der Waals surface area contributed by atoms with Crippen molar-refractivity contribution in [2.45, 2.75) is 43.5 Å². The maximum atomic E-state index is 6.08. The molecule has 2 aliphatic heterocycles. The van der Waals surface area contributed by atoms with Gasteiger partial charge in [-0.3, -0.25) is 0 Å². The Morgan fingerprint density at radius 3 is 2.60 bits per heavy atom. The first-order valence-electron chi connectivity index (χ1n) is 11.2. The summed E-state index contributed by atoms with van der Waals surface area (Å²) in [5, 5.41) is 0.551. The van der Waals surface area contributed by atoms with Crippen LogP contribution in [0.2, 0.25) is 0 Å². The molecule has 0 amide bonds. The van der Waals surface area contributed by atoms with Crippen molar-refractivity contribution in [3.8, 4) is 11.5 Å². The van der Waals surface area contributed by atoms with Crippen molar-refractivity contribution in [1.82, 2.24) is 4.90 Å². The first-order valence-corrected chi connectivity index (χ1v) is 12.2. The molecule has 0 saturated carbocycles.